The summed E-state index contributed by atoms with van der Waals surface area (Å²) >= 11 is 0. The summed E-state index contributed by atoms with van der Waals surface area (Å²) in [7, 11) is 0. The molecule has 3 saturated carbocycles. The predicted molar refractivity (Wildman–Crippen MR) is 154 cm³/mol. The third kappa shape index (κ3) is 5.07. The van der Waals surface area contributed by atoms with Gasteiger partial charge in [-0.05, 0) is 99.7 Å². The SMILES string of the molecule is C#C[C@]1(OC(=O)COc2ccc(C)cc2)CC(CCCCC)C2C3CCC4=CC(=O)CCC4C3CC[C@@]21CC. The molecule has 0 heterocycles. The van der Waals surface area contributed by atoms with Gasteiger partial charge in [-0.25, -0.2) is 4.79 Å². The Bertz CT molecular complexity index is 1130. The molecule has 5 unspecified atom stereocenters. The highest BCUT2D eigenvalue weighted by atomic mass is 16.6. The molecule has 3 fully saturated rings. The van der Waals surface area contributed by atoms with Crippen LogP contribution in [0.2, 0.25) is 0 Å². The van der Waals surface area contributed by atoms with E-state index in [2.05, 4.69) is 19.8 Å². The molecule has 0 saturated heterocycles. The number of terminal acetylenes is 1. The van der Waals surface area contributed by atoms with Gasteiger partial charge in [0.25, 0.3) is 0 Å². The topological polar surface area (TPSA) is 52.6 Å². The Labute approximate surface area is 235 Å². The van der Waals surface area contributed by atoms with Crippen molar-refractivity contribution in [1.29, 1.82) is 0 Å². The maximum absolute atomic E-state index is 13.3. The van der Waals surface area contributed by atoms with Crippen molar-refractivity contribution in [1.82, 2.24) is 0 Å². The number of carbonyl (C=O) groups excluding carboxylic acids is 2. The number of carbonyl (C=O) groups is 2. The van der Waals surface area contributed by atoms with Gasteiger partial charge in [0, 0.05) is 18.3 Å². The second-order valence-electron chi connectivity index (χ2n) is 12.8. The molecule has 0 spiro atoms. The molecule has 0 aromatic heterocycles. The first-order chi connectivity index (χ1) is 18.9. The van der Waals surface area contributed by atoms with E-state index in [4.69, 9.17) is 15.9 Å². The van der Waals surface area contributed by atoms with Crippen LogP contribution in [0.5, 0.6) is 5.75 Å². The van der Waals surface area contributed by atoms with Crippen LogP contribution >= 0.6 is 0 Å². The Morgan fingerprint density at radius 1 is 1.08 bits per heavy atom. The lowest BCUT2D eigenvalue weighted by Crippen LogP contribution is -2.55. The van der Waals surface area contributed by atoms with Gasteiger partial charge in [-0.15, -0.1) is 6.42 Å². The first kappa shape index (κ1) is 28.0. The Balaban J connectivity index is 1.42. The summed E-state index contributed by atoms with van der Waals surface area (Å²) < 4.78 is 12.2. The number of ether oxygens (including phenoxy) is 2. The molecule has 4 heteroatoms. The molecule has 1 aromatic rings. The van der Waals surface area contributed by atoms with Gasteiger partial charge in [0.2, 0.25) is 0 Å². The minimum Gasteiger partial charge on any atom is -0.482 e. The molecule has 7 atom stereocenters. The maximum Gasteiger partial charge on any atom is 0.345 e. The zero-order valence-electron chi connectivity index (χ0n) is 24.2. The highest BCUT2D eigenvalue weighted by molar-refractivity contribution is 5.91. The van der Waals surface area contributed by atoms with Crippen LogP contribution in [0.3, 0.4) is 0 Å². The van der Waals surface area contributed by atoms with E-state index < -0.39 is 5.60 Å². The third-order valence-electron chi connectivity index (χ3n) is 11.0. The molecule has 5 rings (SSSR count). The van der Waals surface area contributed by atoms with Gasteiger partial charge in [-0.2, -0.15) is 0 Å². The lowest BCUT2D eigenvalue weighted by molar-refractivity contribution is -0.175. The second kappa shape index (κ2) is 11.5. The Kier molecular flexibility index (Phi) is 8.27. The summed E-state index contributed by atoms with van der Waals surface area (Å²) in [6, 6.07) is 7.72. The first-order valence-electron chi connectivity index (χ1n) is 15.5. The summed E-state index contributed by atoms with van der Waals surface area (Å²) in [6.07, 6.45) is 20.8. The minimum atomic E-state index is -0.888. The normalized spacial score (nSPS) is 35.2. The Morgan fingerprint density at radius 2 is 1.87 bits per heavy atom. The van der Waals surface area contributed by atoms with Gasteiger partial charge >= 0.3 is 5.97 Å². The molecule has 4 aliphatic rings. The van der Waals surface area contributed by atoms with Crippen molar-refractivity contribution in [2.45, 2.75) is 103 Å². The van der Waals surface area contributed by atoms with Crippen molar-refractivity contribution in [3.05, 3.63) is 41.5 Å². The quantitative estimate of drug-likeness (QED) is 0.187. The van der Waals surface area contributed by atoms with Crippen LogP contribution in [0.15, 0.2) is 35.9 Å². The summed E-state index contributed by atoms with van der Waals surface area (Å²) in [4.78, 5) is 25.5. The molecule has 39 heavy (non-hydrogen) atoms. The summed E-state index contributed by atoms with van der Waals surface area (Å²) in [6.45, 7) is 6.41. The first-order valence-corrected chi connectivity index (χ1v) is 15.5. The molecule has 210 valence electrons. The standard InChI is InChI=1S/C35H46O4/c1-5-8-9-10-26-22-35(7-3,39-32(37)23-38-28-15-11-24(4)12-16-28)34(6-2)20-19-30-29-18-14-27(36)21-25(29)13-17-31(30)33(26)34/h3,11-12,15-16,21,26,29-31,33H,5-6,8-10,13-14,17-20,22-23H2,1-2,4H3/t26?,29?,30?,31?,33?,34-,35-/m0/s1. The predicted octanol–water partition coefficient (Wildman–Crippen LogP) is 7.63. The minimum absolute atomic E-state index is 0.131. The van der Waals surface area contributed by atoms with Crippen molar-refractivity contribution in [3.8, 4) is 18.1 Å². The highest BCUT2D eigenvalue weighted by Crippen LogP contribution is 2.69. The maximum atomic E-state index is 13.3. The van der Waals surface area contributed by atoms with E-state index in [1.54, 1.807) is 0 Å². The average molecular weight is 531 g/mol. The molecule has 0 amide bonds. The smallest absolute Gasteiger partial charge is 0.345 e. The molecule has 0 N–H and O–H groups in total. The van der Waals surface area contributed by atoms with Gasteiger partial charge in [0.1, 0.15) is 5.75 Å². The number of hydrogen-bond donors (Lipinski definition) is 0. The summed E-state index contributed by atoms with van der Waals surface area (Å²) in [5, 5.41) is 0. The molecular weight excluding hydrogens is 484 g/mol. The Hall–Kier alpha value is -2.54. The number of esters is 1. The largest absolute Gasteiger partial charge is 0.482 e. The van der Waals surface area contributed by atoms with Gasteiger partial charge in [-0.3, -0.25) is 4.79 Å². The van der Waals surface area contributed by atoms with E-state index in [0.29, 0.717) is 47.5 Å². The summed E-state index contributed by atoms with van der Waals surface area (Å²) in [5.41, 5.74) is 1.46. The van der Waals surface area contributed by atoms with Gasteiger partial charge in [-0.1, -0.05) is 62.3 Å². The number of ketones is 1. The average Bonchev–Trinajstić information content (AvgIpc) is 3.22. The van der Waals surface area contributed by atoms with E-state index in [1.807, 2.05) is 37.3 Å². The zero-order chi connectivity index (χ0) is 27.6. The molecular formula is C35H46O4. The number of allylic oxidation sites excluding steroid dienone is 1. The second-order valence-corrected chi connectivity index (χ2v) is 12.8. The van der Waals surface area contributed by atoms with Gasteiger partial charge < -0.3 is 9.47 Å². The zero-order valence-corrected chi connectivity index (χ0v) is 24.2. The molecule has 0 bridgehead atoms. The molecule has 0 aliphatic heterocycles. The molecule has 1 aromatic carbocycles. The number of aryl methyl sites for hydroxylation is 1. The monoisotopic (exact) mass is 530 g/mol. The van der Waals surface area contributed by atoms with Crippen LogP contribution in [0.1, 0.15) is 96.5 Å². The van der Waals surface area contributed by atoms with Crippen LogP contribution in [-0.2, 0) is 14.3 Å². The number of benzene rings is 1. The van der Waals surface area contributed by atoms with Crippen molar-refractivity contribution in [2.75, 3.05) is 6.61 Å². The van der Waals surface area contributed by atoms with Gasteiger partial charge in [0.05, 0.1) is 0 Å². The van der Waals surface area contributed by atoms with Crippen LogP contribution in [-0.4, -0.2) is 24.0 Å². The van der Waals surface area contributed by atoms with Crippen molar-refractivity contribution < 1.29 is 19.1 Å². The number of hydrogen-bond acceptors (Lipinski definition) is 4. The van der Waals surface area contributed by atoms with Gasteiger partial charge in [0.15, 0.2) is 18.0 Å². The third-order valence-corrected chi connectivity index (χ3v) is 11.0. The lowest BCUT2D eigenvalue weighted by atomic mass is 9.48. The fourth-order valence-electron chi connectivity index (χ4n) is 9.31. The van der Waals surface area contributed by atoms with E-state index >= 15 is 0 Å². The van der Waals surface area contributed by atoms with Crippen LogP contribution in [0.25, 0.3) is 0 Å². The fraction of sp³-hybridized carbons (Fsp3) is 0.657. The van der Waals surface area contributed by atoms with Crippen LogP contribution < -0.4 is 4.74 Å². The van der Waals surface area contributed by atoms with Crippen molar-refractivity contribution >= 4 is 11.8 Å². The van der Waals surface area contributed by atoms with Crippen molar-refractivity contribution in [3.63, 3.8) is 0 Å². The molecule has 4 aliphatic carbocycles. The van der Waals surface area contributed by atoms with Crippen LogP contribution in [0.4, 0.5) is 0 Å². The molecule has 0 radical (unpaired) electrons. The van der Waals surface area contributed by atoms with E-state index in [-0.39, 0.29) is 18.0 Å². The number of fused-ring (bicyclic) bond motifs is 5. The summed E-state index contributed by atoms with van der Waals surface area (Å²) in [5.74, 6) is 6.39. The number of unbranched alkanes of at least 4 members (excludes halogenated alkanes) is 2. The van der Waals surface area contributed by atoms with E-state index in [9.17, 15) is 9.59 Å². The Morgan fingerprint density at radius 3 is 2.59 bits per heavy atom. The highest BCUT2D eigenvalue weighted by Gasteiger charge is 2.68. The van der Waals surface area contributed by atoms with Crippen LogP contribution in [0, 0.1) is 54.3 Å². The fourth-order valence-corrected chi connectivity index (χ4v) is 9.31. The number of rotatable bonds is 9. The van der Waals surface area contributed by atoms with Crippen molar-refractivity contribution in [2.24, 2.45) is 35.0 Å². The van der Waals surface area contributed by atoms with E-state index in [0.717, 1.165) is 56.9 Å². The lowest BCUT2D eigenvalue weighted by Gasteiger charge is -2.57. The van der Waals surface area contributed by atoms with E-state index in [1.165, 1.54) is 24.8 Å². The molecule has 4 nitrogen and oxygen atoms in total.